The summed E-state index contributed by atoms with van der Waals surface area (Å²) in [6.45, 7) is 0.612. The standard InChI is InChI=1S/C33H31ClN2O6/c1-39-27-14-10-23(16-29(27)40-2)18-31(37)36(20-22-8-12-26(34)13-9-22)32(25-6-4-3-5-7-25)33(38)35-19-24-11-15-28-30(17-24)42-21-41-28/h3-17,32H,18-21H2,1-2H3,(H,35,38)/t32-/m1/s1. The van der Waals surface area contributed by atoms with E-state index in [0.29, 0.717) is 33.6 Å². The van der Waals surface area contributed by atoms with Gasteiger partial charge in [0.15, 0.2) is 23.0 Å². The molecule has 1 atom stereocenters. The summed E-state index contributed by atoms with van der Waals surface area (Å²) >= 11 is 6.13. The molecule has 4 aromatic rings. The van der Waals surface area contributed by atoms with Gasteiger partial charge in [-0.3, -0.25) is 9.59 Å². The Morgan fingerprint density at radius 3 is 2.26 bits per heavy atom. The lowest BCUT2D eigenvalue weighted by atomic mass is 10.0. The van der Waals surface area contributed by atoms with Gasteiger partial charge in [-0.05, 0) is 58.7 Å². The first-order chi connectivity index (χ1) is 20.4. The zero-order valence-electron chi connectivity index (χ0n) is 23.3. The smallest absolute Gasteiger partial charge is 0.247 e. The Bertz CT molecular complexity index is 1540. The molecular formula is C33H31ClN2O6. The third-order valence-electron chi connectivity index (χ3n) is 6.97. The summed E-state index contributed by atoms with van der Waals surface area (Å²) in [5, 5.41) is 3.62. The summed E-state index contributed by atoms with van der Waals surface area (Å²) in [5.74, 6) is 1.85. The van der Waals surface area contributed by atoms with Crippen molar-refractivity contribution in [1.29, 1.82) is 0 Å². The van der Waals surface area contributed by atoms with Crippen LogP contribution in [0.15, 0.2) is 91.0 Å². The van der Waals surface area contributed by atoms with Crippen LogP contribution >= 0.6 is 11.6 Å². The Kier molecular flexibility index (Phi) is 9.14. The van der Waals surface area contributed by atoms with Crippen LogP contribution in [0.4, 0.5) is 0 Å². The van der Waals surface area contributed by atoms with Gasteiger partial charge >= 0.3 is 0 Å². The number of rotatable bonds is 11. The fraction of sp³-hybridized carbons (Fsp3) is 0.212. The molecule has 216 valence electrons. The van der Waals surface area contributed by atoms with Gasteiger partial charge in [0.1, 0.15) is 6.04 Å². The van der Waals surface area contributed by atoms with E-state index in [-0.39, 0.29) is 38.1 Å². The molecule has 8 nitrogen and oxygen atoms in total. The maximum atomic E-state index is 14.1. The van der Waals surface area contributed by atoms with Crippen LogP contribution in [-0.4, -0.2) is 37.7 Å². The summed E-state index contributed by atoms with van der Waals surface area (Å²) in [7, 11) is 3.11. The molecule has 42 heavy (non-hydrogen) atoms. The Hall–Kier alpha value is -4.69. The third kappa shape index (κ3) is 6.78. The molecule has 0 spiro atoms. The maximum Gasteiger partial charge on any atom is 0.247 e. The van der Waals surface area contributed by atoms with Crippen LogP contribution in [0.3, 0.4) is 0 Å². The van der Waals surface area contributed by atoms with Crippen molar-refractivity contribution in [2.45, 2.75) is 25.6 Å². The topological polar surface area (TPSA) is 86.3 Å². The first-order valence-corrected chi connectivity index (χ1v) is 13.8. The highest BCUT2D eigenvalue weighted by Gasteiger charge is 2.32. The predicted molar refractivity (Wildman–Crippen MR) is 159 cm³/mol. The molecular weight excluding hydrogens is 556 g/mol. The zero-order chi connectivity index (χ0) is 29.5. The van der Waals surface area contributed by atoms with Crippen molar-refractivity contribution in [3.05, 3.63) is 118 Å². The number of hydrogen-bond acceptors (Lipinski definition) is 6. The minimum absolute atomic E-state index is 0.0483. The van der Waals surface area contributed by atoms with E-state index in [1.54, 1.807) is 43.4 Å². The van der Waals surface area contributed by atoms with Crippen molar-refractivity contribution >= 4 is 23.4 Å². The minimum Gasteiger partial charge on any atom is -0.493 e. The second-order valence-electron chi connectivity index (χ2n) is 9.73. The maximum absolute atomic E-state index is 14.1. The highest BCUT2D eigenvalue weighted by molar-refractivity contribution is 6.30. The van der Waals surface area contributed by atoms with E-state index in [2.05, 4.69) is 5.32 Å². The SMILES string of the molecule is COc1ccc(CC(=O)N(Cc2ccc(Cl)cc2)[C@@H](C(=O)NCc2ccc3c(c2)OCO3)c2ccccc2)cc1OC. The number of ether oxygens (including phenoxy) is 4. The molecule has 5 rings (SSSR count). The van der Waals surface area contributed by atoms with Crippen LogP contribution in [0.1, 0.15) is 28.3 Å². The molecule has 0 aliphatic carbocycles. The van der Waals surface area contributed by atoms with E-state index in [4.69, 9.17) is 30.5 Å². The number of carbonyl (C=O) groups excluding carboxylic acids is 2. The van der Waals surface area contributed by atoms with Crippen LogP contribution < -0.4 is 24.3 Å². The number of hydrogen-bond donors (Lipinski definition) is 1. The first-order valence-electron chi connectivity index (χ1n) is 13.4. The number of nitrogens with zero attached hydrogens (tertiary/aromatic N) is 1. The average molecular weight is 587 g/mol. The number of benzene rings is 4. The van der Waals surface area contributed by atoms with Gasteiger partial charge in [0.05, 0.1) is 20.6 Å². The Balaban J connectivity index is 1.45. The number of halogens is 1. The van der Waals surface area contributed by atoms with Gasteiger partial charge in [-0.15, -0.1) is 0 Å². The molecule has 0 aromatic heterocycles. The van der Waals surface area contributed by atoms with E-state index < -0.39 is 6.04 Å². The third-order valence-corrected chi connectivity index (χ3v) is 7.22. The summed E-state index contributed by atoms with van der Waals surface area (Å²) in [4.78, 5) is 29.6. The van der Waals surface area contributed by atoms with Crippen molar-refractivity contribution < 1.29 is 28.5 Å². The van der Waals surface area contributed by atoms with E-state index >= 15 is 0 Å². The van der Waals surface area contributed by atoms with Crippen LogP contribution in [0.2, 0.25) is 5.02 Å². The van der Waals surface area contributed by atoms with Crippen molar-refractivity contribution in [3.8, 4) is 23.0 Å². The number of nitrogens with one attached hydrogen (secondary N) is 1. The fourth-order valence-corrected chi connectivity index (χ4v) is 4.95. The van der Waals surface area contributed by atoms with Crippen LogP contribution in [-0.2, 0) is 29.1 Å². The molecule has 2 amide bonds. The molecule has 1 heterocycles. The Morgan fingerprint density at radius 2 is 1.52 bits per heavy atom. The van der Waals surface area contributed by atoms with Gasteiger partial charge in [-0.2, -0.15) is 0 Å². The van der Waals surface area contributed by atoms with Crippen molar-refractivity contribution in [2.75, 3.05) is 21.0 Å². The summed E-state index contributed by atoms with van der Waals surface area (Å²) in [6, 6.07) is 26.5. The quantitative estimate of drug-likeness (QED) is 0.242. The number of methoxy groups -OCH3 is 2. The Morgan fingerprint density at radius 1 is 0.833 bits per heavy atom. The van der Waals surface area contributed by atoms with E-state index in [0.717, 1.165) is 16.7 Å². The molecule has 0 bridgehead atoms. The highest BCUT2D eigenvalue weighted by Crippen LogP contribution is 2.33. The molecule has 0 unspecified atom stereocenters. The molecule has 9 heteroatoms. The molecule has 0 saturated carbocycles. The predicted octanol–water partition coefficient (Wildman–Crippen LogP) is 5.71. The second kappa shape index (κ2) is 13.3. The molecule has 1 aliphatic rings. The molecule has 1 N–H and O–H groups in total. The van der Waals surface area contributed by atoms with Gasteiger partial charge in [0.25, 0.3) is 0 Å². The summed E-state index contributed by atoms with van der Waals surface area (Å²) in [6.07, 6.45) is 0.0483. The minimum atomic E-state index is -0.900. The highest BCUT2D eigenvalue weighted by atomic mass is 35.5. The number of amides is 2. The molecule has 0 fully saturated rings. The lowest BCUT2D eigenvalue weighted by Crippen LogP contribution is -2.43. The van der Waals surface area contributed by atoms with Crippen molar-refractivity contribution in [1.82, 2.24) is 10.2 Å². The zero-order valence-corrected chi connectivity index (χ0v) is 24.1. The van der Waals surface area contributed by atoms with Gasteiger partial charge in [-0.25, -0.2) is 0 Å². The fourth-order valence-electron chi connectivity index (χ4n) is 4.82. The number of carbonyl (C=O) groups is 2. The van der Waals surface area contributed by atoms with Crippen LogP contribution in [0.5, 0.6) is 23.0 Å². The lowest BCUT2D eigenvalue weighted by Gasteiger charge is -2.32. The molecule has 0 saturated heterocycles. The van der Waals surface area contributed by atoms with Crippen molar-refractivity contribution in [2.24, 2.45) is 0 Å². The lowest BCUT2D eigenvalue weighted by molar-refractivity contribution is -0.141. The monoisotopic (exact) mass is 586 g/mol. The number of fused-ring (bicyclic) bond motifs is 1. The van der Waals surface area contributed by atoms with Crippen molar-refractivity contribution in [3.63, 3.8) is 0 Å². The second-order valence-corrected chi connectivity index (χ2v) is 10.2. The van der Waals surface area contributed by atoms with E-state index in [1.165, 1.54) is 0 Å². The average Bonchev–Trinajstić information content (AvgIpc) is 3.49. The normalized spacial score (nSPS) is 12.4. The van der Waals surface area contributed by atoms with E-state index in [9.17, 15) is 9.59 Å². The van der Waals surface area contributed by atoms with E-state index in [1.807, 2.05) is 66.7 Å². The summed E-state index contributed by atoms with van der Waals surface area (Å²) < 4.78 is 21.7. The van der Waals surface area contributed by atoms with Gasteiger partial charge < -0.3 is 29.2 Å². The van der Waals surface area contributed by atoms with Gasteiger partial charge in [0, 0.05) is 18.1 Å². The molecule has 4 aromatic carbocycles. The largest absolute Gasteiger partial charge is 0.493 e. The van der Waals surface area contributed by atoms with Crippen LogP contribution in [0.25, 0.3) is 0 Å². The van der Waals surface area contributed by atoms with Crippen LogP contribution in [0, 0.1) is 0 Å². The first kappa shape index (κ1) is 28.8. The van der Waals surface area contributed by atoms with Gasteiger partial charge in [0.2, 0.25) is 18.6 Å². The summed E-state index contributed by atoms with van der Waals surface area (Å²) in [5.41, 5.74) is 3.10. The Labute approximate surface area is 249 Å². The molecule has 1 aliphatic heterocycles. The van der Waals surface area contributed by atoms with Gasteiger partial charge in [-0.1, -0.05) is 66.2 Å². The molecule has 0 radical (unpaired) electrons.